The molecule has 1 aliphatic rings. The number of hydrogen-bond acceptors (Lipinski definition) is 1. The largest absolute Gasteiger partial charge is 0.296 e. The molecule has 0 aromatic carbocycles. The number of ketones is 1. The molecular weight excluding hydrogens is 155 g/mol. The lowest BCUT2D eigenvalue weighted by Crippen LogP contribution is -2.44. The first kappa shape index (κ1) is 9.69. The first-order chi connectivity index (χ1) is 5.25. The van der Waals surface area contributed by atoms with Crippen molar-refractivity contribution < 1.29 is 9.18 Å². The van der Waals surface area contributed by atoms with Gasteiger partial charge in [0.05, 0.1) is 0 Å². The molecule has 0 aliphatic heterocycles. The van der Waals surface area contributed by atoms with E-state index in [1.807, 2.05) is 27.7 Å². The number of halogens is 1. The van der Waals surface area contributed by atoms with Gasteiger partial charge in [0.2, 0.25) is 0 Å². The van der Waals surface area contributed by atoms with E-state index in [2.05, 4.69) is 0 Å². The normalized spacial score (nSPS) is 33.4. The van der Waals surface area contributed by atoms with Crippen LogP contribution in [0.1, 0.15) is 40.5 Å². The fourth-order valence-corrected chi connectivity index (χ4v) is 2.38. The Balaban J connectivity index is 2.87. The van der Waals surface area contributed by atoms with Gasteiger partial charge in [0.15, 0.2) is 12.0 Å². The van der Waals surface area contributed by atoms with Crippen LogP contribution in [0.5, 0.6) is 0 Å². The van der Waals surface area contributed by atoms with Crippen LogP contribution in [0, 0.1) is 10.8 Å². The van der Waals surface area contributed by atoms with Gasteiger partial charge >= 0.3 is 0 Å². The summed E-state index contributed by atoms with van der Waals surface area (Å²) in [5, 5.41) is 0. The minimum Gasteiger partial charge on any atom is -0.296 e. The van der Waals surface area contributed by atoms with Crippen molar-refractivity contribution in [3.63, 3.8) is 0 Å². The molecule has 0 heterocycles. The number of carbonyl (C=O) groups excluding carboxylic acids is 1. The van der Waals surface area contributed by atoms with Crippen molar-refractivity contribution in [1.29, 1.82) is 0 Å². The molecule has 0 N–H and O–H groups in total. The molecule has 1 aliphatic carbocycles. The topological polar surface area (TPSA) is 17.1 Å². The smallest absolute Gasteiger partial charge is 0.167 e. The van der Waals surface area contributed by atoms with Gasteiger partial charge in [-0.15, -0.1) is 0 Å². The quantitative estimate of drug-likeness (QED) is 0.549. The molecule has 1 rings (SSSR count). The number of rotatable bonds is 0. The standard InChI is InChI=1S/C10H17FO/c1-9(2)5-7(12)8(11)10(3,4)6-9/h8H,5-6H2,1-4H3/t8-/m1/s1. The highest BCUT2D eigenvalue weighted by atomic mass is 19.1. The average molecular weight is 172 g/mol. The number of alkyl halides is 1. The van der Waals surface area contributed by atoms with Gasteiger partial charge in [0.25, 0.3) is 0 Å². The zero-order valence-corrected chi connectivity index (χ0v) is 8.28. The van der Waals surface area contributed by atoms with E-state index in [0.717, 1.165) is 6.42 Å². The second kappa shape index (κ2) is 2.54. The van der Waals surface area contributed by atoms with Crippen LogP contribution >= 0.6 is 0 Å². The fourth-order valence-electron chi connectivity index (χ4n) is 2.38. The predicted molar refractivity (Wildman–Crippen MR) is 46.7 cm³/mol. The fraction of sp³-hybridized carbons (Fsp3) is 0.900. The Hall–Kier alpha value is -0.400. The van der Waals surface area contributed by atoms with Crippen LogP contribution in [0.15, 0.2) is 0 Å². The van der Waals surface area contributed by atoms with Crippen LogP contribution in [0.3, 0.4) is 0 Å². The molecule has 70 valence electrons. The molecule has 0 bridgehead atoms. The SMILES string of the molecule is CC1(C)CC(=O)[C@@H](F)C(C)(C)C1. The summed E-state index contributed by atoms with van der Waals surface area (Å²) in [6, 6.07) is 0. The third-order valence-electron chi connectivity index (χ3n) is 2.56. The van der Waals surface area contributed by atoms with Crippen molar-refractivity contribution in [3.8, 4) is 0 Å². The van der Waals surface area contributed by atoms with E-state index >= 15 is 0 Å². The second-order valence-corrected chi connectivity index (χ2v) is 5.34. The third-order valence-corrected chi connectivity index (χ3v) is 2.56. The maximum atomic E-state index is 13.3. The van der Waals surface area contributed by atoms with E-state index in [9.17, 15) is 9.18 Å². The molecular formula is C10H17FO. The Labute approximate surface area is 73.3 Å². The first-order valence-corrected chi connectivity index (χ1v) is 4.41. The van der Waals surface area contributed by atoms with Crippen molar-refractivity contribution in [3.05, 3.63) is 0 Å². The minimum absolute atomic E-state index is 0.0246. The Morgan fingerprint density at radius 2 is 1.83 bits per heavy atom. The van der Waals surface area contributed by atoms with Gasteiger partial charge in [0.1, 0.15) is 0 Å². The molecule has 0 spiro atoms. The highest BCUT2D eigenvalue weighted by Gasteiger charge is 2.45. The van der Waals surface area contributed by atoms with Gasteiger partial charge in [-0.2, -0.15) is 0 Å². The molecule has 0 unspecified atom stereocenters. The highest BCUT2D eigenvalue weighted by Crippen LogP contribution is 2.45. The third kappa shape index (κ3) is 1.67. The Morgan fingerprint density at radius 1 is 1.33 bits per heavy atom. The predicted octanol–water partition coefficient (Wildman–Crippen LogP) is 2.74. The summed E-state index contributed by atoms with van der Waals surface area (Å²) in [6.45, 7) is 7.71. The lowest BCUT2D eigenvalue weighted by molar-refractivity contribution is -0.136. The minimum atomic E-state index is -1.26. The monoisotopic (exact) mass is 172 g/mol. The van der Waals surface area contributed by atoms with E-state index < -0.39 is 11.6 Å². The maximum Gasteiger partial charge on any atom is 0.167 e. The van der Waals surface area contributed by atoms with Gasteiger partial charge in [-0.3, -0.25) is 4.79 Å². The summed E-state index contributed by atoms with van der Waals surface area (Å²) in [5.41, 5.74) is -0.498. The van der Waals surface area contributed by atoms with Gasteiger partial charge in [-0.1, -0.05) is 27.7 Å². The molecule has 12 heavy (non-hydrogen) atoms. The van der Waals surface area contributed by atoms with Crippen LogP contribution in [0.25, 0.3) is 0 Å². The van der Waals surface area contributed by atoms with E-state index in [1.54, 1.807) is 0 Å². The van der Waals surface area contributed by atoms with Crippen molar-refractivity contribution in [1.82, 2.24) is 0 Å². The van der Waals surface area contributed by atoms with Gasteiger partial charge in [-0.05, 0) is 11.8 Å². The lowest BCUT2D eigenvalue weighted by atomic mass is 9.64. The van der Waals surface area contributed by atoms with Crippen LogP contribution < -0.4 is 0 Å². The summed E-state index contributed by atoms with van der Waals surface area (Å²) in [7, 11) is 0. The molecule has 0 saturated heterocycles. The zero-order chi connectivity index (χ0) is 9.57. The Morgan fingerprint density at radius 3 is 2.25 bits per heavy atom. The van der Waals surface area contributed by atoms with Crippen molar-refractivity contribution >= 4 is 5.78 Å². The van der Waals surface area contributed by atoms with E-state index in [1.165, 1.54) is 0 Å². The summed E-state index contributed by atoms with van der Waals surface area (Å²) in [4.78, 5) is 11.3. The molecule has 1 saturated carbocycles. The summed E-state index contributed by atoms with van der Waals surface area (Å²) in [6.07, 6.45) is -0.0876. The van der Waals surface area contributed by atoms with Crippen molar-refractivity contribution in [2.75, 3.05) is 0 Å². The number of Topliss-reactive ketones (excluding diaryl/α,β-unsaturated/α-hetero) is 1. The summed E-state index contributed by atoms with van der Waals surface area (Å²) < 4.78 is 13.3. The average Bonchev–Trinajstić information content (AvgIpc) is 1.79. The summed E-state index contributed by atoms with van der Waals surface area (Å²) >= 11 is 0. The van der Waals surface area contributed by atoms with Crippen molar-refractivity contribution in [2.24, 2.45) is 10.8 Å². The van der Waals surface area contributed by atoms with E-state index in [4.69, 9.17) is 0 Å². The van der Waals surface area contributed by atoms with Gasteiger partial charge < -0.3 is 0 Å². The maximum absolute atomic E-state index is 13.3. The van der Waals surface area contributed by atoms with E-state index in [0.29, 0.717) is 6.42 Å². The van der Waals surface area contributed by atoms with Gasteiger partial charge in [-0.25, -0.2) is 4.39 Å². The molecule has 0 aromatic heterocycles. The van der Waals surface area contributed by atoms with Crippen LogP contribution in [-0.4, -0.2) is 12.0 Å². The molecule has 2 heteroatoms. The lowest BCUT2D eigenvalue weighted by Gasteiger charge is -2.41. The van der Waals surface area contributed by atoms with Crippen LogP contribution in [0.2, 0.25) is 0 Å². The van der Waals surface area contributed by atoms with E-state index in [-0.39, 0.29) is 11.2 Å². The Bertz CT molecular complexity index is 206. The summed E-state index contributed by atoms with van der Waals surface area (Å²) in [5.74, 6) is -0.226. The molecule has 0 amide bonds. The molecule has 1 nitrogen and oxygen atoms in total. The highest BCUT2D eigenvalue weighted by molar-refractivity contribution is 5.85. The zero-order valence-electron chi connectivity index (χ0n) is 8.28. The molecule has 1 fully saturated rings. The second-order valence-electron chi connectivity index (χ2n) is 5.34. The van der Waals surface area contributed by atoms with Crippen LogP contribution in [-0.2, 0) is 4.79 Å². The van der Waals surface area contributed by atoms with Crippen molar-refractivity contribution in [2.45, 2.75) is 46.7 Å². The Kier molecular flexibility index (Phi) is 2.05. The number of carbonyl (C=O) groups is 1. The first-order valence-electron chi connectivity index (χ1n) is 4.41. The molecule has 1 atom stereocenters. The molecule has 0 aromatic rings. The van der Waals surface area contributed by atoms with Crippen LogP contribution in [0.4, 0.5) is 4.39 Å². The molecule has 0 radical (unpaired) electrons. The number of hydrogen-bond donors (Lipinski definition) is 0. The van der Waals surface area contributed by atoms with Gasteiger partial charge in [0, 0.05) is 11.8 Å².